The van der Waals surface area contributed by atoms with Gasteiger partial charge in [0.15, 0.2) is 0 Å². The quantitative estimate of drug-likeness (QED) is 0.886. The lowest BCUT2D eigenvalue weighted by molar-refractivity contribution is 0.102. The lowest BCUT2D eigenvalue weighted by Crippen LogP contribution is -2.35. The minimum absolute atomic E-state index is 0.0711. The van der Waals surface area contributed by atoms with Crippen molar-refractivity contribution < 1.29 is 9.84 Å². The van der Waals surface area contributed by atoms with E-state index < -0.39 is 0 Å². The molecule has 106 valence electrons. The van der Waals surface area contributed by atoms with Crippen molar-refractivity contribution in [3.05, 3.63) is 29.3 Å². The minimum Gasteiger partial charge on any atom is -0.496 e. The zero-order chi connectivity index (χ0) is 13.7. The molecule has 0 amide bonds. The molecule has 0 saturated carbocycles. The van der Waals surface area contributed by atoms with Crippen molar-refractivity contribution in [2.24, 2.45) is 0 Å². The molecule has 1 aromatic carbocycles. The van der Waals surface area contributed by atoms with Crippen molar-refractivity contribution in [1.82, 2.24) is 4.90 Å². The molecule has 19 heavy (non-hydrogen) atoms. The highest BCUT2D eigenvalue weighted by Crippen LogP contribution is 2.32. The van der Waals surface area contributed by atoms with Crippen LogP contribution in [0.4, 0.5) is 0 Å². The third-order valence-corrected chi connectivity index (χ3v) is 4.07. The zero-order valence-corrected chi connectivity index (χ0v) is 12.1. The van der Waals surface area contributed by atoms with Crippen LogP contribution in [0, 0.1) is 0 Å². The lowest BCUT2D eigenvalue weighted by Gasteiger charge is -2.34. The van der Waals surface area contributed by atoms with Gasteiger partial charge in [-0.15, -0.1) is 0 Å². The number of hydrogen-bond acceptors (Lipinski definition) is 3. The molecule has 1 aliphatic rings. The molecule has 1 N–H and O–H groups in total. The Labute approximate surface area is 116 Å². The number of hydrogen-bond donors (Lipinski definition) is 1. The van der Waals surface area contributed by atoms with Crippen LogP contribution < -0.4 is 4.74 Å². The fraction of sp³-hybridized carbons (Fsp3) is 0.625. The van der Waals surface area contributed by atoms with Crippen molar-refractivity contribution in [3.8, 4) is 5.75 Å². The SMILES string of the molecule is CCc1ccc(OC)c(C(CO)N2CCCCC2)c1. The summed E-state index contributed by atoms with van der Waals surface area (Å²) < 4.78 is 5.48. The fourth-order valence-corrected chi connectivity index (χ4v) is 2.90. The Morgan fingerprint density at radius 2 is 2.00 bits per heavy atom. The van der Waals surface area contributed by atoms with Gasteiger partial charge in [0, 0.05) is 5.56 Å². The molecule has 1 unspecified atom stereocenters. The minimum atomic E-state index is 0.0711. The molecule has 0 aliphatic carbocycles. The maximum Gasteiger partial charge on any atom is 0.123 e. The van der Waals surface area contributed by atoms with Crippen molar-refractivity contribution in [1.29, 1.82) is 0 Å². The Kier molecular flexibility index (Phi) is 5.23. The van der Waals surface area contributed by atoms with Crippen LogP contribution in [0.5, 0.6) is 5.75 Å². The van der Waals surface area contributed by atoms with E-state index in [0.29, 0.717) is 0 Å². The van der Waals surface area contributed by atoms with Gasteiger partial charge in [0.2, 0.25) is 0 Å². The molecule has 3 heteroatoms. The molecule has 0 aromatic heterocycles. The van der Waals surface area contributed by atoms with E-state index in [1.165, 1.54) is 24.8 Å². The van der Waals surface area contributed by atoms with Crippen molar-refractivity contribution in [3.63, 3.8) is 0 Å². The zero-order valence-electron chi connectivity index (χ0n) is 12.1. The van der Waals surface area contributed by atoms with Gasteiger partial charge >= 0.3 is 0 Å². The van der Waals surface area contributed by atoms with Crippen LogP contribution in [0.2, 0.25) is 0 Å². The van der Waals surface area contributed by atoms with Gasteiger partial charge in [0.1, 0.15) is 5.75 Å². The molecule has 0 radical (unpaired) electrons. The van der Waals surface area contributed by atoms with E-state index >= 15 is 0 Å². The van der Waals surface area contributed by atoms with Crippen LogP contribution in [0.15, 0.2) is 18.2 Å². The summed E-state index contributed by atoms with van der Waals surface area (Å²) in [7, 11) is 1.70. The monoisotopic (exact) mass is 263 g/mol. The summed E-state index contributed by atoms with van der Waals surface area (Å²) in [5.74, 6) is 0.891. The fourth-order valence-electron chi connectivity index (χ4n) is 2.90. The summed E-state index contributed by atoms with van der Waals surface area (Å²) in [6, 6.07) is 6.39. The van der Waals surface area contributed by atoms with E-state index in [0.717, 1.165) is 30.8 Å². The highest BCUT2D eigenvalue weighted by Gasteiger charge is 2.24. The molecule has 3 nitrogen and oxygen atoms in total. The van der Waals surface area contributed by atoms with Crippen LogP contribution in [-0.2, 0) is 6.42 Å². The smallest absolute Gasteiger partial charge is 0.123 e. The molecule has 2 rings (SSSR count). The third kappa shape index (κ3) is 3.28. The van der Waals surface area contributed by atoms with E-state index in [4.69, 9.17) is 4.74 Å². The van der Waals surface area contributed by atoms with E-state index in [1.54, 1.807) is 7.11 Å². The first-order valence-electron chi connectivity index (χ1n) is 7.31. The summed E-state index contributed by atoms with van der Waals surface area (Å²) in [4.78, 5) is 2.39. The predicted octanol–water partition coefficient (Wildman–Crippen LogP) is 2.78. The molecule has 1 aromatic rings. The number of piperidine rings is 1. The summed E-state index contributed by atoms with van der Waals surface area (Å²) in [6.45, 7) is 4.46. The summed E-state index contributed by atoms with van der Waals surface area (Å²) in [6.07, 6.45) is 4.77. The number of aliphatic hydroxyl groups excluding tert-OH is 1. The second-order valence-electron chi connectivity index (χ2n) is 5.22. The van der Waals surface area contributed by atoms with Crippen LogP contribution >= 0.6 is 0 Å². The number of likely N-dealkylation sites (tertiary alicyclic amines) is 1. The van der Waals surface area contributed by atoms with Gasteiger partial charge in [-0.25, -0.2) is 0 Å². The Morgan fingerprint density at radius 3 is 2.58 bits per heavy atom. The van der Waals surface area contributed by atoms with Crippen molar-refractivity contribution in [2.75, 3.05) is 26.8 Å². The van der Waals surface area contributed by atoms with Gasteiger partial charge < -0.3 is 9.84 Å². The Morgan fingerprint density at radius 1 is 1.26 bits per heavy atom. The Balaban J connectivity index is 2.29. The van der Waals surface area contributed by atoms with E-state index in [1.807, 2.05) is 6.07 Å². The Hall–Kier alpha value is -1.06. The normalized spacial score (nSPS) is 18.3. The first-order chi connectivity index (χ1) is 9.30. The Bertz CT molecular complexity index is 400. The molecular formula is C16H25NO2. The van der Waals surface area contributed by atoms with E-state index in [9.17, 15) is 5.11 Å². The lowest BCUT2D eigenvalue weighted by atomic mass is 9.98. The first kappa shape index (κ1) is 14.4. The van der Waals surface area contributed by atoms with Gasteiger partial charge in [-0.1, -0.05) is 25.5 Å². The van der Waals surface area contributed by atoms with E-state index in [2.05, 4.69) is 24.0 Å². The van der Waals surface area contributed by atoms with Crippen LogP contribution in [-0.4, -0.2) is 36.8 Å². The van der Waals surface area contributed by atoms with Gasteiger partial charge in [-0.3, -0.25) is 4.90 Å². The third-order valence-electron chi connectivity index (χ3n) is 4.07. The molecule has 1 atom stereocenters. The molecular weight excluding hydrogens is 238 g/mol. The predicted molar refractivity (Wildman–Crippen MR) is 77.6 cm³/mol. The first-order valence-corrected chi connectivity index (χ1v) is 7.31. The average molecular weight is 263 g/mol. The number of benzene rings is 1. The molecule has 1 heterocycles. The average Bonchev–Trinajstić information content (AvgIpc) is 2.49. The maximum atomic E-state index is 9.82. The largest absolute Gasteiger partial charge is 0.496 e. The van der Waals surface area contributed by atoms with E-state index in [-0.39, 0.29) is 12.6 Å². The molecule has 1 aliphatic heterocycles. The van der Waals surface area contributed by atoms with Crippen LogP contribution in [0.3, 0.4) is 0 Å². The van der Waals surface area contributed by atoms with Crippen molar-refractivity contribution >= 4 is 0 Å². The van der Waals surface area contributed by atoms with Gasteiger partial charge in [-0.05, 0) is 44.0 Å². The highest BCUT2D eigenvalue weighted by atomic mass is 16.5. The highest BCUT2D eigenvalue weighted by molar-refractivity contribution is 5.39. The molecule has 0 spiro atoms. The van der Waals surface area contributed by atoms with Crippen LogP contribution in [0.1, 0.15) is 43.4 Å². The summed E-state index contributed by atoms with van der Waals surface area (Å²) in [5, 5.41) is 9.82. The second-order valence-corrected chi connectivity index (χ2v) is 5.22. The second kappa shape index (κ2) is 6.92. The summed E-state index contributed by atoms with van der Waals surface area (Å²) >= 11 is 0. The van der Waals surface area contributed by atoms with Gasteiger partial charge in [0.25, 0.3) is 0 Å². The number of rotatable bonds is 5. The number of methoxy groups -OCH3 is 1. The van der Waals surface area contributed by atoms with Gasteiger partial charge in [-0.2, -0.15) is 0 Å². The molecule has 0 bridgehead atoms. The van der Waals surface area contributed by atoms with Crippen molar-refractivity contribution in [2.45, 2.75) is 38.6 Å². The number of ether oxygens (including phenoxy) is 1. The standard InChI is InChI=1S/C16H25NO2/c1-3-13-7-8-16(19-2)14(11-13)15(12-18)17-9-5-4-6-10-17/h7-8,11,15,18H,3-6,9-10,12H2,1-2H3. The van der Waals surface area contributed by atoms with Gasteiger partial charge in [0.05, 0.1) is 19.8 Å². The molecule has 1 saturated heterocycles. The topological polar surface area (TPSA) is 32.7 Å². The number of aryl methyl sites for hydroxylation is 1. The number of nitrogens with zero attached hydrogens (tertiary/aromatic N) is 1. The molecule has 1 fully saturated rings. The number of aliphatic hydroxyl groups is 1. The maximum absolute atomic E-state index is 9.82. The van der Waals surface area contributed by atoms with Crippen LogP contribution in [0.25, 0.3) is 0 Å². The summed E-state index contributed by atoms with van der Waals surface area (Å²) in [5.41, 5.74) is 2.43.